The predicted octanol–water partition coefficient (Wildman–Crippen LogP) is 1.58. The van der Waals surface area contributed by atoms with Crippen LogP contribution in [0, 0.1) is 5.92 Å². The summed E-state index contributed by atoms with van der Waals surface area (Å²) in [4.78, 5) is 8.18. The molecule has 0 spiro atoms. The van der Waals surface area contributed by atoms with Crippen molar-refractivity contribution in [1.29, 1.82) is 0 Å². The number of aromatic nitrogens is 4. The van der Waals surface area contributed by atoms with Gasteiger partial charge < -0.3 is 5.73 Å². The first kappa shape index (κ1) is 9.08. The molecule has 15 heavy (non-hydrogen) atoms. The molecule has 1 aliphatic rings. The summed E-state index contributed by atoms with van der Waals surface area (Å²) in [5, 5.41) is 5.20. The predicted molar refractivity (Wildman–Crippen MR) is 60.2 cm³/mol. The number of nitrogens with two attached hydrogens (primary N) is 1. The number of fused-ring (bicyclic) bond motifs is 1. The van der Waals surface area contributed by atoms with Crippen LogP contribution >= 0.6 is 15.9 Å². The number of rotatable bonds is 2. The van der Waals surface area contributed by atoms with Gasteiger partial charge in [0.25, 0.3) is 0 Å². The highest BCUT2D eigenvalue weighted by molar-refractivity contribution is 9.10. The average molecular weight is 268 g/mol. The molecule has 2 aromatic rings. The van der Waals surface area contributed by atoms with Crippen LogP contribution in [-0.4, -0.2) is 19.7 Å². The zero-order valence-electron chi connectivity index (χ0n) is 8.02. The lowest BCUT2D eigenvalue weighted by atomic mass is 10.4. The van der Waals surface area contributed by atoms with Crippen LogP contribution in [0.4, 0.5) is 5.82 Å². The Hall–Kier alpha value is -1.17. The summed E-state index contributed by atoms with van der Waals surface area (Å²) in [7, 11) is 0. The van der Waals surface area contributed by atoms with Crippen LogP contribution in [0.1, 0.15) is 12.8 Å². The monoisotopic (exact) mass is 267 g/mol. The first-order chi connectivity index (χ1) is 7.25. The number of nitrogen functional groups attached to an aromatic ring is 1. The molecular formula is C9H10BrN5. The Labute approximate surface area is 94.8 Å². The third kappa shape index (κ3) is 1.49. The van der Waals surface area contributed by atoms with Gasteiger partial charge in [-0.25, -0.2) is 14.6 Å². The molecule has 1 aliphatic carbocycles. The maximum absolute atomic E-state index is 5.78. The van der Waals surface area contributed by atoms with Gasteiger partial charge in [0.1, 0.15) is 16.7 Å². The summed E-state index contributed by atoms with van der Waals surface area (Å²) < 4.78 is 2.64. The Morgan fingerprint density at radius 3 is 3.00 bits per heavy atom. The normalized spacial score (nSPS) is 16.1. The van der Waals surface area contributed by atoms with Crippen molar-refractivity contribution in [2.24, 2.45) is 5.92 Å². The van der Waals surface area contributed by atoms with E-state index >= 15 is 0 Å². The summed E-state index contributed by atoms with van der Waals surface area (Å²) in [6.07, 6.45) is 4.06. The van der Waals surface area contributed by atoms with Gasteiger partial charge in [0, 0.05) is 6.54 Å². The average Bonchev–Trinajstić information content (AvgIpc) is 2.94. The number of anilines is 1. The van der Waals surface area contributed by atoms with E-state index in [0.717, 1.165) is 28.1 Å². The molecular weight excluding hydrogens is 258 g/mol. The van der Waals surface area contributed by atoms with Crippen molar-refractivity contribution in [2.75, 3.05) is 5.73 Å². The summed E-state index contributed by atoms with van der Waals surface area (Å²) in [5.41, 5.74) is 6.60. The van der Waals surface area contributed by atoms with Gasteiger partial charge in [0.2, 0.25) is 0 Å². The van der Waals surface area contributed by atoms with Crippen molar-refractivity contribution in [3.05, 3.63) is 10.9 Å². The maximum Gasteiger partial charge on any atom is 0.164 e. The highest BCUT2D eigenvalue weighted by Crippen LogP contribution is 2.33. The van der Waals surface area contributed by atoms with E-state index in [1.54, 1.807) is 0 Å². The fourth-order valence-corrected chi connectivity index (χ4v) is 2.23. The molecule has 0 amide bonds. The fraction of sp³-hybridized carbons (Fsp3) is 0.444. The fourth-order valence-electron chi connectivity index (χ4n) is 1.66. The Morgan fingerprint density at radius 2 is 2.27 bits per heavy atom. The van der Waals surface area contributed by atoms with Gasteiger partial charge in [-0.1, -0.05) is 0 Å². The van der Waals surface area contributed by atoms with Gasteiger partial charge in [-0.2, -0.15) is 5.10 Å². The van der Waals surface area contributed by atoms with Crippen LogP contribution in [0.2, 0.25) is 0 Å². The molecule has 0 aromatic carbocycles. The summed E-state index contributed by atoms with van der Waals surface area (Å²) >= 11 is 3.39. The van der Waals surface area contributed by atoms with Gasteiger partial charge >= 0.3 is 0 Å². The second kappa shape index (κ2) is 3.16. The second-order valence-corrected chi connectivity index (χ2v) is 4.62. The molecule has 2 N–H and O–H groups in total. The SMILES string of the molecule is Nc1ncnc2c1c(Br)nn2CC1CC1. The van der Waals surface area contributed by atoms with Crippen molar-refractivity contribution < 1.29 is 0 Å². The van der Waals surface area contributed by atoms with E-state index in [1.807, 2.05) is 4.68 Å². The van der Waals surface area contributed by atoms with Crippen molar-refractivity contribution in [3.63, 3.8) is 0 Å². The third-order valence-corrected chi connectivity index (χ3v) is 3.20. The van der Waals surface area contributed by atoms with Crippen LogP contribution in [0.15, 0.2) is 10.9 Å². The minimum atomic E-state index is 0.480. The van der Waals surface area contributed by atoms with Gasteiger partial charge in [0.05, 0.1) is 5.39 Å². The largest absolute Gasteiger partial charge is 0.383 e. The zero-order chi connectivity index (χ0) is 10.4. The molecule has 6 heteroatoms. The van der Waals surface area contributed by atoms with Gasteiger partial charge in [-0.3, -0.25) is 0 Å². The Bertz CT molecular complexity index is 516. The van der Waals surface area contributed by atoms with Crippen LogP contribution in [0.3, 0.4) is 0 Å². The number of hydrogen-bond donors (Lipinski definition) is 1. The van der Waals surface area contributed by atoms with E-state index in [0.29, 0.717) is 5.82 Å². The maximum atomic E-state index is 5.78. The Morgan fingerprint density at radius 1 is 1.47 bits per heavy atom. The van der Waals surface area contributed by atoms with Crippen molar-refractivity contribution >= 4 is 32.8 Å². The lowest BCUT2D eigenvalue weighted by Gasteiger charge is -1.99. The molecule has 1 fully saturated rings. The molecule has 0 bridgehead atoms. The smallest absolute Gasteiger partial charge is 0.164 e. The van der Waals surface area contributed by atoms with Crippen molar-refractivity contribution in [3.8, 4) is 0 Å². The van der Waals surface area contributed by atoms with E-state index in [1.165, 1.54) is 19.2 Å². The molecule has 0 radical (unpaired) electrons. The lowest BCUT2D eigenvalue weighted by molar-refractivity contribution is 0.573. The van der Waals surface area contributed by atoms with Gasteiger partial charge in [0.15, 0.2) is 5.65 Å². The first-order valence-corrected chi connectivity index (χ1v) is 5.67. The van der Waals surface area contributed by atoms with Crippen LogP contribution in [-0.2, 0) is 6.54 Å². The first-order valence-electron chi connectivity index (χ1n) is 4.88. The van der Waals surface area contributed by atoms with Crippen molar-refractivity contribution in [2.45, 2.75) is 19.4 Å². The van der Waals surface area contributed by atoms with E-state index in [4.69, 9.17) is 5.73 Å². The van der Waals surface area contributed by atoms with Crippen LogP contribution < -0.4 is 5.73 Å². The van der Waals surface area contributed by atoms with E-state index < -0.39 is 0 Å². The van der Waals surface area contributed by atoms with E-state index in [9.17, 15) is 0 Å². The highest BCUT2D eigenvalue weighted by atomic mass is 79.9. The summed E-state index contributed by atoms with van der Waals surface area (Å²) in [6, 6.07) is 0. The molecule has 2 aromatic heterocycles. The summed E-state index contributed by atoms with van der Waals surface area (Å²) in [6.45, 7) is 0.929. The second-order valence-electron chi connectivity index (χ2n) is 3.87. The van der Waals surface area contributed by atoms with Crippen LogP contribution in [0.5, 0.6) is 0 Å². The number of hydrogen-bond acceptors (Lipinski definition) is 4. The van der Waals surface area contributed by atoms with E-state index in [2.05, 4.69) is 31.0 Å². The Balaban J connectivity index is 2.17. The topological polar surface area (TPSA) is 69.6 Å². The molecule has 78 valence electrons. The highest BCUT2D eigenvalue weighted by Gasteiger charge is 2.24. The quantitative estimate of drug-likeness (QED) is 0.897. The van der Waals surface area contributed by atoms with Crippen LogP contribution in [0.25, 0.3) is 11.0 Å². The summed E-state index contributed by atoms with van der Waals surface area (Å²) in [5.74, 6) is 1.24. The minimum absolute atomic E-state index is 0.480. The molecule has 0 saturated heterocycles. The molecule has 0 aliphatic heterocycles. The molecule has 3 rings (SSSR count). The third-order valence-electron chi connectivity index (χ3n) is 2.64. The van der Waals surface area contributed by atoms with Gasteiger partial charge in [-0.15, -0.1) is 0 Å². The van der Waals surface area contributed by atoms with E-state index in [-0.39, 0.29) is 0 Å². The Kier molecular flexibility index (Phi) is 1.92. The van der Waals surface area contributed by atoms with Gasteiger partial charge in [-0.05, 0) is 34.7 Å². The molecule has 5 nitrogen and oxygen atoms in total. The lowest BCUT2D eigenvalue weighted by Crippen LogP contribution is -2.03. The zero-order valence-corrected chi connectivity index (χ0v) is 9.61. The van der Waals surface area contributed by atoms with Crippen molar-refractivity contribution in [1.82, 2.24) is 19.7 Å². The minimum Gasteiger partial charge on any atom is -0.383 e. The number of nitrogens with zero attached hydrogens (tertiary/aromatic N) is 4. The molecule has 0 atom stereocenters. The molecule has 1 saturated carbocycles. The standard InChI is InChI=1S/C9H10BrN5/c10-7-6-8(11)12-4-13-9(6)15(14-7)3-5-1-2-5/h4-5H,1-3H2,(H2,11,12,13). The molecule has 0 unspecified atom stereocenters. The number of halogens is 1. The molecule has 2 heterocycles.